The van der Waals surface area contributed by atoms with E-state index in [4.69, 9.17) is 17.0 Å². The Kier molecular flexibility index (Phi) is 6.68. The minimum absolute atomic E-state index is 0.488. The fourth-order valence-corrected chi connectivity index (χ4v) is 1.80. The largest absolute Gasteiger partial charge is 0.380 e. The zero-order valence-corrected chi connectivity index (χ0v) is 11.5. The van der Waals surface area contributed by atoms with Crippen molar-refractivity contribution in [3.05, 3.63) is 16.6 Å². The van der Waals surface area contributed by atoms with Gasteiger partial charge in [-0.1, -0.05) is 0 Å². The van der Waals surface area contributed by atoms with Crippen LogP contribution in [0.15, 0.2) is 11.2 Å². The Hall–Kier alpha value is -1.05. The number of thiocarbonyl (C=S) groups is 1. The number of aromatic nitrogens is 1. The van der Waals surface area contributed by atoms with Gasteiger partial charge in [-0.05, 0) is 43.7 Å². The second kappa shape index (κ2) is 8.10. The van der Waals surface area contributed by atoms with Crippen molar-refractivity contribution < 1.29 is 4.74 Å². The van der Waals surface area contributed by atoms with E-state index in [0.29, 0.717) is 24.9 Å². The predicted molar refractivity (Wildman–Crippen MR) is 74.7 cm³/mol. The van der Waals surface area contributed by atoms with E-state index in [0.717, 1.165) is 10.6 Å². The van der Waals surface area contributed by atoms with E-state index in [1.807, 2.05) is 19.9 Å². The normalized spacial score (nSPS) is 10.7. The Balaban J connectivity index is 2.17. The summed E-state index contributed by atoms with van der Waals surface area (Å²) in [6.45, 7) is 5.93. The van der Waals surface area contributed by atoms with E-state index >= 15 is 0 Å². The third-order valence-electron chi connectivity index (χ3n) is 1.74. The molecule has 0 saturated carbocycles. The van der Waals surface area contributed by atoms with Gasteiger partial charge < -0.3 is 10.1 Å². The lowest BCUT2D eigenvalue weighted by Gasteiger charge is -2.06. The average molecular weight is 272 g/mol. The smallest absolute Gasteiger partial charge is 0.187 e. The lowest BCUT2D eigenvalue weighted by atomic mass is 10.4. The summed E-state index contributed by atoms with van der Waals surface area (Å²) in [6, 6.07) is 1.96. The lowest BCUT2D eigenvalue weighted by molar-refractivity contribution is 0.152. The van der Waals surface area contributed by atoms with Gasteiger partial charge in [-0.2, -0.15) is 9.47 Å². The van der Waals surface area contributed by atoms with E-state index in [2.05, 4.69) is 20.2 Å². The summed E-state index contributed by atoms with van der Waals surface area (Å²) in [5, 5.41) is 7.47. The molecule has 0 unspecified atom stereocenters. The van der Waals surface area contributed by atoms with Crippen molar-refractivity contribution in [1.82, 2.24) is 15.1 Å². The molecule has 1 aromatic rings. The molecule has 1 rings (SSSR count). The van der Waals surface area contributed by atoms with Crippen LogP contribution in [0.4, 0.5) is 0 Å². The molecule has 0 aliphatic heterocycles. The van der Waals surface area contributed by atoms with Gasteiger partial charge in [-0.3, -0.25) is 5.43 Å². The van der Waals surface area contributed by atoms with Gasteiger partial charge in [0.2, 0.25) is 0 Å². The summed E-state index contributed by atoms with van der Waals surface area (Å²) in [5.41, 5.74) is 3.72. The fraction of sp³-hybridized carbons (Fsp3) is 0.500. The Labute approximate surface area is 110 Å². The van der Waals surface area contributed by atoms with Crippen LogP contribution in [0.3, 0.4) is 0 Å². The van der Waals surface area contributed by atoms with Gasteiger partial charge in [0, 0.05) is 13.2 Å². The number of ether oxygens (including phenoxy) is 1. The molecule has 17 heavy (non-hydrogen) atoms. The first kappa shape index (κ1) is 14.0. The predicted octanol–water partition coefficient (Wildman–Crippen LogP) is 1.29. The van der Waals surface area contributed by atoms with E-state index < -0.39 is 0 Å². The molecule has 5 nitrogen and oxygen atoms in total. The quantitative estimate of drug-likeness (QED) is 0.354. The molecule has 0 aliphatic rings. The summed E-state index contributed by atoms with van der Waals surface area (Å²) >= 11 is 6.42. The van der Waals surface area contributed by atoms with Crippen LogP contribution < -0.4 is 10.7 Å². The van der Waals surface area contributed by atoms with Crippen LogP contribution in [0.5, 0.6) is 0 Å². The molecule has 1 heterocycles. The van der Waals surface area contributed by atoms with Crippen LogP contribution in [0.2, 0.25) is 0 Å². The minimum Gasteiger partial charge on any atom is -0.380 e. The Morgan fingerprint density at radius 1 is 1.71 bits per heavy atom. The van der Waals surface area contributed by atoms with E-state index in [-0.39, 0.29) is 0 Å². The first-order valence-corrected chi connectivity index (χ1v) is 6.48. The van der Waals surface area contributed by atoms with Gasteiger partial charge >= 0.3 is 0 Å². The van der Waals surface area contributed by atoms with Crippen LogP contribution in [0.1, 0.15) is 17.5 Å². The Morgan fingerprint density at radius 2 is 2.53 bits per heavy atom. The zero-order chi connectivity index (χ0) is 12.5. The average Bonchev–Trinajstić information content (AvgIpc) is 2.71. The number of aryl methyl sites for hydroxylation is 1. The number of rotatable bonds is 6. The summed E-state index contributed by atoms with van der Waals surface area (Å²) in [5.74, 6) is 0. The van der Waals surface area contributed by atoms with Gasteiger partial charge in [0.1, 0.15) is 0 Å². The third-order valence-corrected chi connectivity index (χ3v) is 2.79. The maximum Gasteiger partial charge on any atom is 0.187 e. The SMILES string of the molecule is CCOCCNC(=S)N/N=C/c1cc(C)ns1. The molecule has 0 radical (unpaired) electrons. The number of hydrazone groups is 1. The molecule has 94 valence electrons. The highest BCUT2D eigenvalue weighted by Gasteiger charge is 1.94. The second-order valence-electron chi connectivity index (χ2n) is 3.19. The molecule has 0 saturated heterocycles. The maximum atomic E-state index is 5.17. The summed E-state index contributed by atoms with van der Waals surface area (Å²) in [6.07, 6.45) is 1.70. The van der Waals surface area contributed by atoms with Gasteiger partial charge in [-0.25, -0.2) is 0 Å². The maximum absolute atomic E-state index is 5.17. The summed E-state index contributed by atoms with van der Waals surface area (Å²) in [7, 11) is 0. The van der Waals surface area contributed by atoms with Crippen molar-refractivity contribution in [1.29, 1.82) is 0 Å². The number of hydrogen-bond acceptors (Lipinski definition) is 5. The molecule has 0 amide bonds. The monoisotopic (exact) mass is 272 g/mol. The van der Waals surface area contributed by atoms with Crippen molar-refractivity contribution in [3.63, 3.8) is 0 Å². The van der Waals surface area contributed by atoms with Crippen molar-refractivity contribution in [2.75, 3.05) is 19.8 Å². The fourth-order valence-electron chi connectivity index (χ4n) is 1.02. The van der Waals surface area contributed by atoms with Crippen molar-refractivity contribution in [2.45, 2.75) is 13.8 Å². The molecule has 2 N–H and O–H groups in total. The van der Waals surface area contributed by atoms with Crippen molar-refractivity contribution in [2.24, 2.45) is 5.10 Å². The van der Waals surface area contributed by atoms with E-state index in [1.54, 1.807) is 6.21 Å². The van der Waals surface area contributed by atoms with Crippen LogP contribution in [-0.4, -0.2) is 35.5 Å². The van der Waals surface area contributed by atoms with Gasteiger partial charge in [0.25, 0.3) is 0 Å². The summed E-state index contributed by atoms with van der Waals surface area (Å²) in [4.78, 5) is 0.993. The molecule has 0 aliphatic carbocycles. The highest BCUT2D eigenvalue weighted by molar-refractivity contribution is 7.80. The molecular weight excluding hydrogens is 256 g/mol. The molecule has 7 heteroatoms. The Morgan fingerprint density at radius 3 is 3.18 bits per heavy atom. The molecule has 0 atom stereocenters. The molecular formula is C10H16N4OS2. The molecule has 1 aromatic heterocycles. The highest BCUT2D eigenvalue weighted by Crippen LogP contribution is 2.05. The molecule has 0 bridgehead atoms. The standard InChI is InChI=1S/C10H16N4OS2/c1-3-15-5-4-11-10(16)13-12-7-9-6-8(2)14-17-9/h6-7H,3-5H2,1-2H3,(H2,11,13,16)/b12-7+. The summed E-state index contributed by atoms with van der Waals surface area (Å²) < 4.78 is 9.31. The zero-order valence-electron chi connectivity index (χ0n) is 9.90. The molecule has 0 aromatic carbocycles. The first-order chi connectivity index (χ1) is 8.22. The Bertz CT molecular complexity index is 378. The minimum atomic E-state index is 0.488. The topological polar surface area (TPSA) is 58.5 Å². The third kappa shape index (κ3) is 6.30. The second-order valence-corrected chi connectivity index (χ2v) is 4.44. The first-order valence-electron chi connectivity index (χ1n) is 5.30. The lowest BCUT2D eigenvalue weighted by Crippen LogP contribution is -2.34. The van der Waals surface area contributed by atoms with Gasteiger partial charge in [0.15, 0.2) is 5.11 Å². The van der Waals surface area contributed by atoms with E-state index in [1.165, 1.54) is 11.5 Å². The molecule has 0 fully saturated rings. The van der Waals surface area contributed by atoms with E-state index in [9.17, 15) is 0 Å². The van der Waals surface area contributed by atoms with Crippen LogP contribution in [-0.2, 0) is 4.74 Å². The number of nitrogens with zero attached hydrogens (tertiary/aromatic N) is 2. The van der Waals surface area contributed by atoms with Crippen LogP contribution in [0, 0.1) is 6.92 Å². The highest BCUT2D eigenvalue weighted by atomic mass is 32.1. The molecule has 0 spiro atoms. The van der Waals surface area contributed by atoms with Crippen molar-refractivity contribution in [3.8, 4) is 0 Å². The van der Waals surface area contributed by atoms with Crippen molar-refractivity contribution >= 4 is 35.1 Å². The number of hydrogen-bond donors (Lipinski definition) is 2. The van der Waals surface area contributed by atoms with Gasteiger partial charge in [0.05, 0.1) is 23.4 Å². The number of nitrogens with one attached hydrogen (secondary N) is 2. The van der Waals surface area contributed by atoms with Crippen LogP contribution >= 0.6 is 23.8 Å². The van der Waals surface area contributed by atoms with Gasteiger partial charge in [-0.15, -0.1) is 0 Å². The van der Waals surface area contributed by atoms with Crippen LogP contribution in [0.25, 0.3) is 0 Å².